The number of carbonyl (C=O) groups excluding carboxylic acids is 1. The van der Waals surface area contributed by atoms with E-state index in [-0.39, 0.29) is 0 Å². The number of nitrogens with one attached hydrogen (secondary N) is 3. The van der Waals surface area contributed by atoms with Gasteiger partial charge in [0.1, 0.15) is 0 Å². The van der Waals surface area contributed by atoms with E-state index >= 15 is 0 Å². The highest BCUT2D eigenvalue weighted by atomic mass is 32.2. The molecule has 6 nitrogen and oxygen atoms in total. The Morgan fingerprint density at radius 1 is 1.78 bits per heavy atom. The number of ether oxygens (including phenoxy) is 1. The maximum absolute atomic E-state index is 10.2. The van der Waals surface area contributed by atoms with Crippen LogP contribution < -0.4 is 20.9 Å². The monoisotopic (exact) mass is 152 g/mol. The van der Waals surface area contributed by atoms with Gasteiger partial charge in [0.15, 0.2) is 0 Å². The molecule has 0 saturated heterocycles. The Morgan fingerprint density at radius 3 is 2.89 bits per heavy atom. The molecule has 0 aliphatic heterocycles. The summed E-state index contributed by atoms with van der Waals surface area (Å²) in [7, 11) is 1.26. The number of rotatable bonds is 3. The predicted octanol–water partition coefficient (Wildman–Crippen LogP) is -1.13. The van der Waals surface area contributed by atoms with Crippen LogP contribution in [-0.4, -0.2) is 13.2 Å². The van der Waals surface area contributed by atoms with Crippen molar-refractivity contribution in [2.24, 2.45) is 5.84 Å². The minimum absolute atomic E-state index is 0.572. The third kappa shape index (κ3) is 5.37. The SMILES string of the molecule is COC(=O)NNSNN. The summed E-state index contributed by atoms with van der Waals surface area (Å²) in [5, 5.41) is 0. The van der Waals surface area contributed by atoms with Gasteiger partial charge in [0, 0.05) is 12.1 Å². The number of hydrogen-bond donors (Lipinski definition) is 4. The fourth-order valence-corrected chi connectivity index (χ4v) is 0.341. The first-order valence-corrected chi connectivity index (χ1v) is 2.83. The summed E-state index contributed by atoms with van der Waals surface area (Å²) in [5.41, 5.74) is 2.14. The van der Waals surface area contributed by atoms with Crippen LogP contribution in [0, 0.1) is 0 Å². The third-order valence-corrected chi connectivity index (χ3v) is 0.770. The molecule has 5 N–H and O–H groups in total. The first-order valence-electron chi connectivity index (χ1n) is 2.01. The minimum Gasteiger partial charge on any atom is -0.452 e. The fraction of sp³-hybridized carbons (Fsp3) is 0.500. The molecule has 0 rings (SSSR count). The Hall–Kier alpha value is -0.500. The zero-order chi connectivity index (χ0) is 7.11. The number of hydrazine groups is 2. The van der Waals surface area contributed by atoms with Crippen molar-refractivity contribution in [2.45, 2.75) is 0 Å². The molecule has 0 aromatic carbocycles. The summed E-state index contributed by atoms with van der Waals surface area (Å²) in [6.45, 7) is 0. The van der Waals surface area contributed by atoms with Crippen molar-refractivity contribution in [3.05, 3.63) is 0 Å². The van der Waals surface area contributed by atoms with Gasteiger partial charge in [-0.05, 0) is 0 Å². The second kappa shape index (κ2) is 5.63. The standard InChI is InChI=1S/C2H8N4O2S/c1-8-2(7)4-6-9-5-3/h5-6H,3H2,1H3,(H,4,7). The Kier molecular flexibility index (Phi) is 5.32. The lowest BCUT2D eigenvalue weighted by Gasteiger charge is -2.01. The largest absolute Gasteiger partial charge is 0.452 e. The van der Waals surface area contributed by atoms with E-state index in [0.717, 1.165) is 12.1 Å². The van der Waals surface area contributed by atoms with Gasteiger partial charge in [-0.2, -0.15) is 9.66 Å². The van der Waals surface area contributed by atoms with Gasteiger partial charge in [0.05, 0.1) is 7.11 Å². The second-order valence-corrected chi connectivity index (χ2v) is 1.58. The van der Waals surface area contributed by atoms with Gasteiger partial charge in [0.2, 0.25) is 0 Å². The average Bonchev–Trinajstić information content (AvgIpc) is 1.89. The van der Waals surface area contributed by atoms with E-state index in [2.05, 4.69) is 19.8 Å². The number of hydrogen-bond acceptors (Lipinski definition) is 6. The molecule has 0 heterocycles. The summed E-state index contributed by atoms with van der Waals surface area (Å²) < 4.78 is 4.20. The minimum atomic E-state index is -0.572. The van der Waals surface area contributed by atoms with Gasteiger partial charge in [-0.15, -0.1) is 0 Å². The van der Waals surface area contributed by atoms with Gasteiger partial charge in [-0.1, -0.05) is 0 Å². The van der Waals surface area contributed by atoms with Crippen LogP contribution in [0.2, 0.25) is 0 Å². The molecule has 0 atom stereocenters. The number of methoxy groups -OCH3 is 1. The van der Waals surface area contributed by atoms with E-state index in [9.17, 15) is 4.79 Å². The molecular formula is C2H8N4O2S. The molecule has 54 valence electrons. The molecule has 0 bridgehead atoms. The van der Waals surface area contributed by atoms with Crippen molar-refractivity contribution in [1.29, 1.82) is 0 Å². The number of amides is 1. The molecule has 1 amide bonds. The summed E-state index contributed by atoms with van der Waals surface area (Å²) in [6.07, 6.45) is -0.572. The van der Waals surface area contributed by atoms with Crippen LogP contribution in [0.3, 0.4) is 0 Å². The maximum atomic E-state index is 10.2. The van der Waals surface area contributed by atoms with Gasteiger partial charge in [-0.3, -0.25) is 5.84 Å². The van der Waals surface area contributed by atoms with Crippen molar-refractivity contribution in [2.75, 3.05) is 7.11 Å². The van der Waals surface area contributed by atoms with Gasteiger partial charge >= 0.3 is 6.09 Å². The molecule has 0 aromatic heterocycles. The quantitative estimate of drug-likeness (QED) is 0.177. The lowest BCUT2D eigenvalue weighted by molar-refractivity contribution is 0.169. The highest BCUT2D eigenvalue weighted by Gasteiger charge is 1.92. The van der Waals surface area contributed by atoms with Gasteiger partial charge < -0.3 is 4.74 Å². The second-order valence-electron chi connectivity index (χ2n) is 0.939. The molecule has 0 fully saturated rings. The van der Waals surface area contributed by atoms with E-state index in [1.54, 1.807) is 0 Å². The topological polar surface area (TPSA) is 88.4 Å². The Balaban J connectivity index is 2.97. The molecule has 7 heteroatoms. The maximum Gasteiger partial charge on any atom is 0.422 e. The summed E-state index contributed by atoms with van der Waals surface area (Å²) in [6, 6.07) is 0. The van der Waals surface area contributed by atoms with Crippen molar-refractivity contribution in [3.8, 4) is 0 Å². The number of carbonyl (C=O) groups is 1. The fourth-order valence-electron chi connectivity index (χ4n) is 0.148. The molecule has 0 spiro atoms. The van der Waals surface area contributed by atoms with Crippen molar-refractivity contribution < 1.29 is 9.53 Å². The van der Waals surface area contributed by atoms with E-state index in [4.69, 9.17) is 5.84 Å². The van der Waals surface area contributed by atoms with Crippen LogP contribution >= 0.6 is 12.1 Å². The highest BCUT2D eigenvalue weighted by Crippen LogP contribution is 1.74. The summed E-state index contributed by atoms with van der Waals surface area (Å²) in [4.78, 5) is 14.7. The van der Waals surface area contributed by atoms with Crippen molar-refractivity contribution >= 4 is 18.2 Å². The molecule has 0 unspecified atom stereocenters. The van der Waals surface area contributed by atoms with E-state index < -0.39 is 6.09 Å². The zero-order valence-electron chi connectivity index (χ0n) is 4.80. The molecule has 0 aliphatic rings. The normalized spacial score (nSPS) is 8.67. The van der Waals surface area contributed by atoms with Crippen molar-refractivity contribution in [3.63, 3.8) is 0 Å². The molecular weight excluding hydrogens is 144 g/mol. The summed E-state index contributed by atoms with van der Waals surface area (Å²) >= 11 is 0.918. The van der Waals surface area contributed by atoms with E-state index in [1.807, 2.05) is 0 Å². The molecule has 0 aromatic rings. The average molecular weight is 152 g/mol. The summed E-state index contributed by atoms with van der Waals surface area (Å²) in [5.74, 6) is 4.81. The molecule has 0 saturated carbocycles. The molecule has 9 heavy (non-hydrogen) atoms. The van der Waals surface area contributed by atoms with Crippen LogP contribution in [0.5, 0.6) is 0 Å². The number of nitrogens with two attached hydrogens (primary N) is 1. The van der Waals surface area contributed by atoms with Gasteiger partial charge in [-0.25, -0.2) is 10.2 Å². The molecule has 0 aliphatic carbocycles. The van der Waals surface area contributed by atoms with Crippen LogP contribution in [0.1, 0.15) is 0 Å². The first-order chi connectivity index (χ1) is 4.31. The Bertz CT molecular complexity index is 88.6. The Labute approximate surface area is 56.7 Å². The Morgan fingerprint density at radius 2 is 2.44 bits per heavy atom. The predicted molar refractivity (Wildman–Crippen MR) is 33.6 cm³/mol. The lowest BCUT2D eigenvalue weighted by Crippen LogP contribution is -2.35. The van der Waals surface area contributed by atoms with Crippen LogP contribution in [0.25, 0.3) is 0 Å². The van der Waals surface area contributed by atoms with Crippen molar-refractivity contribution in [1.82, 2.24) is 15.1 Å². The van der Waals surface area contributed by atoms with Gasteiger partial charge in [0.25, 0.3) is 0 Å². The molecule has 0 radical (unpaired) electrons. The van der Waals surface area contributed by atoms with E-state index in [0.29, 0.717) is 0 Å². The third-order valence-electron chi connectivity index (χ3n) is 0.448. The van der Waals surface area contributed by atoms with Crippen LogP contribution in [-0.2, 0) is 4.74 Å². The lowest BCUT2D eigenvalue weighted by atomic mass is 11.2. The van der Waals surface area contributed by atoms with Crippen LogP contribution in [0.15, 0.2) is 0 Å². The highest BCUT2D eigenvalue weighted by molar-refractivity contribution is 7.95. The zero-order valence-corrected chi connectivity index (χ0v) is 5.62. The van der Waals surface area contributed by atoms with Crippen LogP contribution in [0.4, 0.5) is 4.79 Å². The first kappa shape index (κ1) is 8.50. The smallest absolute Gasteiger partial charge is 0.422 e. The van der Waals surface area contributed by atoms with E-state index in [1.165, 1.54) is 7.11 Å².